The third kappa shape index (κ3) is 2.93. The Morgan fingerprint density at radius 3 is 2.68 bits per heavy atom. The fourth-order valence-corrected chi connectivity index (χ4v) is 2.04. The number of nitrogens with one attached hydrogen (secondary N) is 1. The molecule has 1 amide bonds. The van der Waals surface area contributed by atoms with Crippen LogP contribution >= 0.6 is 0 Å². The van der Waals surface area contributed by atoms with E-state index < -0.39 is 17.3 Å². The molecule has 0 aromatic carbocycles. The van der Waals surface area contributed by atoms with Crippen LogP contribution in [-0.2, 0) is 9.53 Å². The normalized spacial score (nSPS) is 17.9. The number of amides is 1. The molecule has 1 aliphatic heterocycles. The van der Waals surface area contributed by atoms with Crippen LogP contribution in [0.3, 0.4) is 0 Å². The quantitative estimate of drug-likeness (QED) is 0.828. The van der Waals surface area contributed by atoms with Crippen molar-refractivity contribution in [3.63, 3.8) is 0 Å². The van der Waals surface area contributed by atoms with Crippen LogP contribution in [0, 0.1) is 12.3 Å². The van der Waals surface area contributed by atoms with Gasteiger partial charge in [0, 0.05) is 25.8 Å². The lowest BCUT2D eigenvalue weighted by atomic mass is 9.80. The number of carbonyl (C=O) groups excluding carboxylic acids is 1. The minimum Gasteiger partial charge on any atom is -0.481 e. The second kappa shape index (κ2) is 5.40. The van der Waals surface area contributed by atoms with Crippen molar-refractivity contribution in [2.75, 3.05) is 19.8 Å². The summed E-state index contributed by atoms with van der Waals surface area (Å²) in [6.45, 7) is 2.55. The largest absolute Gasteiger partial charge is 0.481 e. The topological polar surface area (TPSA) is 102 Å². The molecule has 0 unspecified atom stereocenters. The van der Waals surface area contributed by atoms with Gasteiger partial charge in [0.15, 0.2) is 0 Å². The van der Waals surface area contributed by atoms with Gasteiger partial charge in [-0.1, -0.05) is 5.16 Å². The molecule has 1 saturated heterocycles. The molecule has 1 aliphatic rings. The first-order chi connectivity index (χ1) is 9.03. The number of aryl methyl sites for hydroxylation is 1. The lowest BCUT2D eigenvalue weighted by Crippen LogP contribution is -2.46. The van der Waals surface area contributed by atoms with Gasteiger partial charge in [-0.15, -0.1) is 0 Å². The van der Waals surface area contributed by atoms with E-state index >= 15 is 0 Å². The molecule has 0 bridgehead atoms. The first-order valence-corrected chi connectivity index (χ1v) is 6.06. The van der Waals surface area contributed by atoms with Crippen LogP contribution in [0.5, 0.6) is 0 Å². The average molecular weight is 268 g/mol. The molecular formula is C12H16N2O5. The third-order valence-corrected chi connectivity index (χ3v) is 3.34. The molecule has 2 heterocycles. The van der Waals surface area contributed by atoms with Crippen molar-refractivity contribution < 1.29 is 24.0 Å². The molecule has 7 heteroatoms. The Hall–Kier alpha value is -1.89. The second-order valence-corrected chi connectivity index (χ2v) is 4.71. The maximum atomic E-state index is 11.8. The lowest BCUT2D eigenvalue weighted by Gasteiger charge is -2.32. The minimum atomic E-state index is -0.955. The summed E-state index contributed by atoms with van der Waals surface area (Å²) < 4.78 is 9.99. The molecule has 1 aromatic rings. The van der Waals surface area contributed by atoms with Gasteiger partial charge < -0.3 is 19.7 Å². The summed E-state index contributed by atoms with van der Waals surface area (Å²) in [5.74, 6) is -1.28. The maximum Gasteiger partial charge on any atom is 0.311 e. The van der Waals surface area contributed by atoms with E-state index in [-0.39, 0.29) is 12.3 Å². The number of carboxylic acid groups (broad SMARTS) is 1. The highest BCUT2D eigenvalue weighted by molar-refractivity contribution is 5.91. The second-order valence-electron chi connectivity index (χ2n) is 4.71. The van der Waals surface area contributed by atoms with Crippen LogP contribution in [0.1, 0.15) is 29.1 Å². The molecule has 1 fully saturated rings. The molecule has 7 nitrogen and oxygen atoms in total. The Morgan fingerprint density at radius 2 is 2.16 bits per heavy atom. The molecule has 104 valence electrons. The van der Waals surface area contributed by atoms with Crippen LogP contribution in [0.4, 0.5) is 0 Å². The SMILES string of the molecule is Cc1cc(C(=O)NCC2(C(=O)O)CCOCC2)on1. The van der Waals surface area contributed by atoms with Crippen molar-refractivity contribution in [3.05, 3.63) is 17.5 Å². The summed E-state index contributed by atoms with van der Waals surface area (Å²) in [4.78, 5) is 23.2. The molecule has 0 radical (unpaired) electrons. The summed E-state index contributed by atoms with van der Waals surface area (Å²) in [6.07, 6.45) is 0.774. The minimum absolute atomic E-state index is 0.0598. The van der Waals surface area contributed by atoms with Crippen LogP contribution in [0.15, 0.2) is 10.6 Å². The Balaban J connectivity index is 1.99. The number of ether oxygens (including phenoxy) is 1. The maximum absolute atomic E-state index is 11.8. The fourth-order valence-electron chi connectivity index (χ4n) is 2.04. The molecular weight excluding hydrogens is 252 g/mol. The number of aliphatic carboxylic acids is 1. The molecule has 0 atom stereocenters. The summed E-state index contributed by atoms with van der Waals surface area (Å²) >= 11 is 0. The van der Waals surface area contributed by atoms with Crippen LogP contribution in [-0.4, -0.2) is 41.9 Å². The van der Waals surface area contributed by atoms with E-state index in [9.17, 15) is 14.7 Å². The van der Waals surface area contributed by atoms with Gasteiger partial charge in [0.2, 0.25) is 5.76 Å². The van der Waals surface area contributed by atoms with Gasteiger partial charge in [-0.3, -0.25) is 9.59 Å². The first-order valence-electron chi connectivity index (χ1n) is 6.06. The fraction of sp³-hybridized carbons (Fsp3) is 0.583. The molecule has 1 aromatic heterocycles. The van der Waals surface area contributed by atoms with Gasteiger partial charge in [-0.25, -0.2) is 0 Å². The highest BCUT2D eigenvalue weighted by atomic mass is 16.5. The smallest absolute Gasteiger partial charge is 0.311 e. The van der Waals surface area contributed by atoms with Crippen LogP contribution in [0.2, 0.25) is 0 Å². The number of carboxylic acids is 1. The average Bonchev–Trinajstić information content (AvgIpc) is 2.83. The summed E-state index contributed by atoms with van der Waals surface area (Å²) in [5.41, 5.74) is -0.354. The number of hydrogen-bond acceptors (Lipinski definition) is 5. The van der Waals surface area contributed by atoms with Crippen molar-refractivity contribution in [3.8, 4) is 0 Å². The number of rotatable bonds is 4. The third-order valence-electron chi connectivity index (χ3n) is 3.34. The summed E-state index contributed by atoms with van der Waals surface area (Å²) in [5, 5.41) is 15.5. The van der Waals surface area contributed by atoms with Crippen molar-refractivity contribution in [1.29, 1.82) is 0 Å². The lowest BCUT2D eigenvalue weighted by molar-refractivity contribution is -0.154. The molecule has 0 saturated carbocycles. The zero-order valence-corrected chi connectivity index (χ0v) is 10.6. The first kappa shape index (κ1) is 13.5. The van der Waals surface area contributed by atoms with E-state index in [1.807, 2.05) is 0 Å². The number of carbonyl (C=O) groups is 2. The van der Waals surface area contributed by atoms with Gasteiger partial charge in [-0.2, -0.15) is 0 Å². The van der Waals surface area contributed by atoms with Crippen molar-refractivity contribution >= 4 is 11.9 Å². The van der Waals surface area contributed by atoms with Crippen LogP contribution < -0.4 is 5.32 Å². The predicted octanol–water partition coefficient (Wildman–Crippen LogP) is 0.594. The van der Waals surface area contributed by atoms with Crippen molar-refractivity contribution in [2.24, 2.45) is 5.41 Å². The van der Waals surface area contributed by atoms with Gasteiger partial charge >= 0.3 is 5.97 Å². The zero-order valence-electron chi connectivity index (χ0n) is 10.6. The van der Waals surface area contributed by atoms with Gasteiger partial charge in [0.1, 0.15) is 0 Å². The van der Waals surface area contributed by atoms with E-state index in [0.29, 0.717) is 31.7 Å². The summed E-state index contributed by atoms with van der Waals surface area (Å²) in [6, 6.07) is 1.51. The standard InChI is InChI=1S/C12H16N2O5/c1-8-6-9(19-14-8)10(15)13-7-12(11(16)17)2-4-18-5-3-12/h6H,2-5,7H2,1H3,(H,13,15)(H,16,17). The van der Waals surface area contributed by atoms with E-state index in [1.165, 1.54) is 6.07 Å². The highest BCUT2D eigenvalue weighted by Gasteiger charge is 2.40. The number of aromatic nitrogens is 1. The van der Waals surface area contributed by atoms with Crippen molar-refractivity contribution in [1.82, 2.24) is 10.5 Å². The van der Waals surface area contributed by atoms with Gasteiger partial charge in [-0.05, 0) is 19.8 Å². The molecule has 19 heavy (non-hydrogen) atoms. The predicted molar refractivity (Wildman–Crippen MR) is 63.7 cm³/mol. The highest BCUT2D eigenvalue weighted by Crippen LogP contribution is 2.30. The Morgan fingerprint density at radius 1 is 1.47 bits per heavy atom. The number of nitrogens with zero attached hydrogens (tertiary/aromatic N) is 1. The van der Waals surface area contributed by atoms with E-state index in [4.69, 9.17) is 9.26 Å². The Bertz CT molecular complexity index is 476. The zero-order chi connectivity index (χ0) is 13.9. The number of hydrogen-bond donors (Lipinski definition) is 2. The molecule has 2 N–H and O–H groups in total. The molecule has 0 spiro atoms. The van der Waals surface area contributed by atoms with Gasteiger partial charge in [0.25, 0.3) is 5.91 Å². The molecule has 2 rings (SSSR count). The Labute approximate surface area is 109 Å². The van der Waals surface area contributed by atoms with Gasteiger partial charge in [0.05, 0.1) is 11.1 Å². The van der Waals surface area contributed by atoms with E-state index in [1.54, 1.807) is 6.92 Å². The Kier molecular flexibility index (Phi) is 3.84. The molecule has 0 aliphatic carbocycles. The van der Waals surface area contributed by atoms with Crippen molar-refractivity contribution in [2.45, 2.75) is 19.8 Å². The van der Waals surface area contributed by atoms with Crippen LogP contribution in [0.25, 0.3) is 0 Å². The van der Waals surface area contributed by atoms with E-state index in [2.05, 4.69) is 10.5 Å². The van der Waals surface area contributed by atoms with E-state index in [0.717, 1.165) is 0 Å². The summed E-state index contributed by atoms with van der Waals surface area (Å²) in [7, 11) is 0. The monoisotopic (exact) mass is 268 g/mol.